The maximum atomic E-state index is 12.2. The Balaban J connectivity index is 1.87. The lowest BCUT2D eigenvalue weighted by atomic mass is 10.2. The van der Waals surface area contributed by atoms with E-state index in [1.165, 1.54) is 0 Å². The number of aromatic amines is 1. The number of hydrogen-bond acceptors (Lipinski definition) is 6. The van der Waals surface area contributed by atoms with Gasteiger partial charge in [-0.15, -0.1) is 0 Å². The number of methoxy groups -OCH3 is 1. The number of fused-ring (bicyclic) bond motifs is 2. The molecule has 0 radical (unpaired) electrons. The number of imidazole rings is 1. The summed E-state index contributed by atoms with van der Waals surface area (Å²) in [5.41, 5.74) is 11.0. The zero-order valence-electron chi connectivity index (χ0n) is 16.8. The Bertz CT molecular complexity index is 1220. The zero-order valence-corrected chi connectivity index (χ0v) is 16.8. The fraction of sp³-hybridized carbons (Fsp3) is 0.286. The molecular weight excluding hydrogens is 370 g/mol. The van der Waals surface area contributed by atoms with Gasteiger partial charge in [0.2, 0.25) is 0 Å². The Morgan fingerprint density at radius 1 is 1.28 bits per heavy atom. The first kappa shape index (κ1) is 18.9. The number of hydrogen-bond donors (Lipinski definition) is 2. The van der Waals surface area contributed by atoms with Crippen molar-refractivity contribution < 1.29 is 14.3 Å². The van der Waals surface area contributed by atoms with Crippen molar-refractivity contribution in [1.82, 2.24) is 19.4 Å². The molecule has 0 amide bonds. The topological polar surface area (TPSA) is 108 Å². The van der Waals surface area contributed by atoms with Crippen molar-refractivity contribution in [3.63, 3.8) is 0 Å². The molecule has 150 valence electrons. The summed E-state index contributed by atoms with van der Waals surface area (Å²) >= 11 is 0. The van der Waals surface area contributed by atoms with E-state index >= 15 is 0 Å². The quantitative estimate of drug-likeness (QED) is 0.503. The van der Waals surface area contributed by atoms with Gasteiger partial charge in [0, 0.05) is 17.5 Å². The highest BCUT2D eigenvalue weighted by molar-refractivity contribution is 5.91. The molecule has 3 N–H and O–H groups in total. The largest absolute Gasteiger partial charge is 0.482 e. The number of nitrogens with one attached hydrogen (secondary N) is 1. The standard InChI is InChI=1S/C21H23N5O3/c1-5-29-21(27)14-9-17-25-19(12(3)26(17)18(10-14)28-4)16-8-13-6-7-15(11(2)22)23-20(13)24-16/h6-11H,5,22H2,1-4H3,(H,23,24)/t11-/m1/s1. The van der Waals surface area contributed by atoms with Crippen LogP contribution in [-0.4, -0.2) is 39.0 Å². The maximum absolute atomic E-state index is 12.2. The van der Waals surface area contributed by atoms with Gasteiger partial charge in [-0.1, -0.05) is 0 Å². The van der Waals surface area contributed by atoms with Crippen LogP contribution in [0.4, 0.5) is 0 Å². The molecular formula is C21H23N5O3. The van der Waals surface area contributed by atoms with E-state index in [4.69, 9.17) is 20.2 Å². The molecule has 0 saturated carbocycles. The highest BCUT2D eigenvalue weighted by atomic mass is 16.5. The lowest BCUT2D eigenvalue weighted by Gasteiger charge is -2.08. The number of rotatable bonds is 5. The van der Waals surface area contributed by atoms with Crippen molar-refractivity contribution in [2.24, 2.45) is 5.73 Å². The summed E-state index contributed by atoms with van der Waals surface area (Å²) in [4.78, 5) is 24.8. The van der Waals surface area contributed by atoms with Gasteiger partial charge in [0.1, 0.15) is 17.0 Å². The van der Waals surface area contributed by atoms with Crippen LogP contribution in [-0.2, 0) is 4.74 Å². The van der Waals surface area contributed by atoms with Gasteiger partial charge in [-0.25, -0.2) is 14.8 Å². The molecule has 1 atom stereocenters. The molecule has 0 aliphatic carbocycles. The highest BCUT2D eigenvalue weighted by Crippen LogP contribution is 2.30. The molecule has 4 heterocycles. The third-order valence-corrected chi connectivity index (χ3v) is 4.86. The first-order chi connectivity index (χ1) is 13.9. The van der Waals surface area contributed by atoms with E-state index in [0.717, 1.165) is 33.8 Å². The number of aromatic nitrogens is 4. The number of carbonyl (C=O) groups is 1. The fourth-order valence-corrected chi connectivity index (χ4v) is 3.42. The second-order valence-electron chi connectivity index (χ2n) is 6.89. The monoisotopic (exact) mass is 393 g/mol. The predicted octanol–water partition coefficient (Wildman–Crippen LogP) is 3.39. The molecule has 0 spiro atoms. The van der Waals surface area contributed by atoms with Gasteiger partial charge in [0.05, 0.1) is 36.4 Å². The molecule has 0 unspecified atom stereocenters. The molecule has 0 aromatic carbocycles. The van der Waals surface area contributed by atoms with E-state index in [-0.39, 0.29) is 6.04 Å². The number of ether oxygens (including phenoxy) is 2. The lowest BCUT2D eigenvalue weighted by molar-refractivity contribution is 0.0526. The summed E-state index contributed by atoms with van der Waals surface area (Å²) in [7, 11) is 1.56. The molecule has 4 aromatic rings. The second kappa shape index (κ2) is 7.21. The summed E-state index contributed by atoms with van der Waals surface area (Å²) < 4.78 is 12.5. The van der Waals surface area contributed by atoms with E-state index < -0.39 is 5.97 Å². The minimum atomic E-state index is -0.409. The molecule has 0 aliphatic rings. The number of nitrogens with zero attached hydrogens (tertiary/aromatic N) is 3. The molecule has 0 bridgehead atoms. The van der Waals surface area contributed by atoms with Crippen LogP contribution in [0.15, 0.2) is 30.3 Å². The Morgan fingerprint density at radius 2 is 2.07 bits per heavy atom. The first-order valence-electron chi connectivity index (χ1n) is 9.42. The number of carbonyl (C=O) groups excluding carboxylic acids is 1. The Labute approximate surface area is 167 Å². The predicted molar refractivity (Wildman–Crippen MR) is 110 cm³/mol. The van der Waals surface area contributed by atoms with E-state index in [0.29, 0.717) is 23.7 Å². The minimum Gasteiger partial charge on any atom is -0.482 e. The molecule has 8 nitrogen and oxygen atoms in total. The molecule has 4 aromatic heterocycles. The normalized spacial score (nSPS) is 12.4. The maximum Gasteiger partial charge on any atom is 0.338 e. The van der Waals surface area contributed by atoms with Gasteiger partial charge in [0.15, 0.2) is 5.88 Å². The lowest BCUT2D eigenvalue weighted by Crippen LogP contribution is -2.07. The fourth-order valence-electron chi connectivity index (χ4n) is 3.42. The summed E-state index contributed by atoms with van der Waals surface area (Å²) in [6, 6.07) is 9.13. The van der Waals surface area contributed by atoms with E-state index in [1.807, 2.05) is 36.4 Å². The molecule has 8 heteroatoms. The molecule has 0 saturated heterocycles. The van der Waals surface area contributed by atoms with E-state index in [1.54, 1.807) is 26.2 Å². The number of aryl methyl sites for hydroxylation is 1. The number of nitrogens with two attached hydrogens (primary N) is 1. The Morgan fingerprint density at radius 3 is 2.76 bits per heavy atom. The van der Waals surface area contributed by atoms with Crippen molar-refractivity contribution in [2.75, 3.05) is 13.7 Å². The third-order valence-electron chi connectivity index (χ3n) is 4.86. The average molecular weight is 393 g/mol. The summed E-state index contributed by atoms with van der Waals surface area (Å²) in [6.07, 6.45) is 0. The van der Waals surface area contributed by atoms with Crippen LogP contribution < -0.4 is 10.5 Å². The van der Waals surface area contributed by atoms with Gasteiger partial charge >= 0.3 is 5.97 Å². The van der Waals surface area contributed by atoms with Gasteiger partial charge in [-0.05, 0) is 45.0 Å². The van der Waals surface area contributed by atoms with Gasteiger partial charge in [-0.2, -0.15) is 0 Å². The van der Waals surface area contributed by atoms with Crippen LogP contribution in [0.1, 0.15) is 41.6 Å². The van der Waals surface area contributed by atoms with Gasteiger partial charge in [-0.3, -0.25) is 4.40 Å². The van der Waals surface area contributed by atoms with Gasteiger partial charge in [0.25, 0.3) is 0 Å². The Kier molecular flexibility index (Phi) is 4.71. The molecule has 0 aliphatic heterocycles. The van der Waals surface area contributed by atoms with Crippen LogP contribution >= 0.6 is 0 Å². The first-order valence-corrected chi connectivity index (χ1v) is 9.42. The van der Waals surface area contributed by atoms with Crippen molar-refractivity contribution in [2.45, 2.75) is 26.8 Å². The minimum absolute atomic E-state index is 0.145. The summed E-state index contributed by atoms with van der Waals surface area (Å²) in [5.74, 6) is 0.101. The second-order valence-corrected chi connectivity index (χ2v) is 6.89. The highest BCUT2D eigenvalue weighted by Gasteiger charge is 2.19. The van der Waals surface area contributed by atoms with E-state index in [2.05, 4.69) is 9.97 Å². The van der Waals surface area contributed by atoms with Crippen molar-refractivity contribution >= 4 is 22.6 Å². The van der Waals surface area contributed by atoms with Crippen molar-refractivity contribution in [3.8, 4) is 17.3 Å². The Hall–Kier alpha value is -3.39. The van der Waals surface area contributed by atoms with Crippen molar-refractivity contribution in [3.05, 3.63) is 47.3 Å². The van der Waals surface area contributed by atoms with Crippen molar-refractivity contribution in [1.29, 1.82) is 0 Å². The number of esters is 1. The zero-order chi connectivity index (χ0) is 20.7. The van der Waals surface area contributed by atoms with Crippen LogP contribution in [0.3, 0.4) is 0 Å². The van der Waals surface area contributed by atoms with Crippen LogP contribution in [0.5, 0.6) is 5.88 Å². The smallest absolute Gasteiger partial charge is 0.338 e. The average Bonchev–Trinajstić information content (AvgIpc) is 3.27. The third kappa shape index (κ3) is 3.21. The van der Waals surface area contributed by atoms with E-state index in [9.17, 15) is 4.79 Å². The van der Waals surface area contributed by atoms with Crippen LogP contribution in [0, 0.1) is 6.92 Å². The molecule has 29 heavy (non-hydrogen) atoms. The molecule has 4 rings (SSSR count). The molecule has 0 fully saturated rings. The SMILES string of the molecule is CCOC(=O)c1cc(OC)n2c(C)c(-c3cc4ccc([C@@H](C)N)nc4[nH]3)nc2c1. The van der Waals surface area contributed by atoms with Crippen LogP contribution in [0.2, 0.25) is 0 Å². The van der Waals surface area contributed by atoms with Crippen LogP contribution in [0.25, 0.3) is 28.1 Å². The number of pyridine rings is 2. The summed E-state index contributed by atoms with van der Waals surface area (Å²) in [5, 5.41) is 0.972. The summed E-state index contributed by atoms with van der Waals surface area (Å²) in [6.45, 7) is 5.93. The number of H-pyrrole nitrogens is 1. The van der Waals surface area contributed by atoms with Gasteiger partial charge < -0.3 is 20.2 Å².